The molecule has 1 saturated heterocycles. The van der Waals surface area contributed by atoms with E-state index in [2.05, 4.69) is 6.72 Å². The largest absolute Gasteiger partial charge is 0.370 e. The SMILES string of the molecule is C=[N+](C)c1ccc(N2CCOCC2=O)cc1. The predicted molar refractivity (Wildman–Crippen MR) is 62.6 cm³/mol. The fourth-order valence-electron chi connectivity index (χ4n) is 1.68. The summed E-state index contributed by atoms with van der Waals surface area (Å²) in [6.45, 7) is 5.20. The van der Waals surface area contributed by atoms with E-state index < -0.39 is 0 Å². The average Bonchev–Trinajstić information content (AvgIpc) is 2.30. The molecule has 84 valence electrons. The summed E-state index contributed by atoms with van der Waals surface area (Å²) < 4.78 is 6.87. The molecule has 0 unspecified atom stereocenters. The van der Waals surface area contributed by atoms with Crippen LogP contribution >= 0.6 is 0 Å². The zero-order valence-corrected chi connectivity index (χ0v) is 9.35. The Hall–Kier alpha value is -1.68. The Morgan fingerprint density at radius 2 is 2.06 bits per heavy atom. The quantitative estimate of drug-likeness (QED) is 0.549. The average molecular weight is 219 g/mol. The standard InChI is InChI=1S/C12H15N2O2/c1-13(2)10-3-5-11(6-4-10)14-7-8-16-9-12(14)15/h3-6H,1,7-9H2,2H3/q+1. The van der Waals surface area contributed by atoms with E-state index in [1.807, 2.05) is 31.3 Å². The van der Waals surface area contributed by atoms with Crippen LogP contribution in [0, 0.1) is 0 Å². The lowest BCUT2D eigenvalue weighted by Crippen LogP contribution is -2.41. The minimum atomic E-state index is 0.0157. The van der Waals surface area contributed by atoms with Gasteiger partial charge in [-0.3, -0.25) is 4.79 Å². The van der Waals surface area contributed by atoms with Crippen molar-refractivity contribution >= 4 is 24.0 Å². The number of carbonyl (C=O) groups is 1. The molecule has 4 nitrogen and oxygen atoms in total. The van der Waals surface area contributed by atoms with E-state index in [1.165, 1.54) is 0 Å². The highest BCUT2D eigenvalue weighted by Gasteiger charge is 2.20. The van der Waals surface area contributed by atoms with Gasteiger partial charge in [-0.25, -0.2) is 4.58 Å². The summed E-state index contributed by atoms with van der Waals surface area (Å²) >= 11 is 0. The molecule has 1 aromatic carbocycles. The maximum Gasteiger partial charge on any atom is 0.253 e. The van der Waals surface area contributed by atoms with Crippen LogP contribution in [-0.4, -0.2) is 44.0 Å². The number of benzene rings is 1. The molecule has 16 heavy (non-hydrogen) atoms. The van der Waals surface area contributed by atoms with Crippen LogP contribution in [0.4, 0.5) is 11.4 Å². The molecular weight excluding hydrogens is 204 g/mol. The van der Waals surface area contributed by atoms with Gasteiger partial charge in [0.1, 0.15) is 20.4 Å². The van der Waals surface area contributed by atoms with Crippen LogP contribution in [-0.2, 0) is 9.53 Å². The van der Waals surface area contributed by atoms with E-state index >= 15 is 0 Å². The monoisotopic (exact) mass is 219 g/mol. The van der Waals surface area contributed by atoms with Crippen LogP contribution < -0.4 is 4.90 Å². The van der Waals surface area contributed by atoms with Gasteiger partial charge in [0.25, 0.3) is 5.91 Å². The van der Waals surface area contributed by atoms with Gasteiger partial charge in [0, 0.05) is 24.4 Å². The molecule has 4 heteroatoms. The van der Waals surface area contributed by atoms with E-state index in [1.54, 1.807) is 9.48 Å². The minimum Gasteiger partial charge on any atom is -0.370 e. The van der Waals surface area contributed by atoms with Crippen molar-refractivity contribution in [3.05, 3.63) is 24.3 Å². The zero-order valence-electron chi connectivity index (χ0n) is 9.35. The number of anilines is 1. The van der Waals surface area contributed by atoms with Crippen LogP contribution in [0.2, 0.25) is 0 Å². The molecule has 1 amide bonds. The summed E-state index contributed by atoms with van der Waals surface area (Å²) in [4.78, 5) is 13.3. The number of hydrogen-bond acceptors (Lipinski definition) is 2. The van der Waals surface area contributed by atoms with Gasteiger partial charge in [0.2, 0.25) is 5.69 Å². The Balaban J connectivity index is 2.20. The molecule has 2 rings (SSSR count). The van der Waals surface area contributed by atoms with Crippen LogP contribution in [0.1, 0.15) is 0 Å². The molecule has 0 spiro atoms. The van der Waals surface area contributed by atoms with Crippen LogP contribution in [0.3, 0.4) is 0 Å². The molecule has 0 N–H and O–H groups in total. The van der Waals surface area contributed by atoms with Crippen LogP contribution in [0.15, 0.2) is 24.3 Å². The smallest absolute Gasteiger partial charge is 0.253 e. The second-order valence-electron chi connectivity index (χ2n) is 3.81. The maximum absolute atomic E-state index is 11.6. The normalized spacial score (nSPS) is 16.3. The second kappa shape index (κ2) is 4.45. The lowest BCUT2D eigenvalue weighted by atomic mass is 10.2. The first-order valence-corrected chi connectivity index (χ1v) is 5.21. The minimum absolute atomic E-state index is 0.0157. The van der Waals surface area contributed by atoms with Crippen molar-refractivity contribution in [2.75, 3.05) is 31.7 Å². The highest BCUT2D eigenvalue weighted by molar-refractivity contribution is 5.94. The molecule has 0 saturated carbocycles. The van der Waals surface area contributed by atoms with Crippen molar-refractivity contribution in [1.29, 1.82) is 0 Å². The van der Waals surface area contributed by atoms with Gasteiger partial charge in [-0.05, 0) is 12.1 Å². The predicted octanol–water partition coefficient (Wildman–Crippen LogP) is 1.02. The van der Waals surface area contributed by atoms with Crippen LogP contribution in [0.25, 0.3) is 0 Å². The Morgan fingerprint density at radius 3 is 2.62 bits per heavy atom. The number of morpholine rings is 1. The molecule has 0 aromatic heterocycles. The third-order valence-corrected chi connectivity index (χ3v) is 2.59. The number of rotatable bonds is 2. The first-order valence-electron chi connectivity index (χ1n) is 5.21. The third-order valence-electron chi connectivity index (χ3n) is 2.59. The van der Waals surface area contributed by atoms with Gasteiger partial charge < -0.3 is 9.64 Å². The van der Waals surface area contributed by atoms with E-state index in [-0.39, 0.29) is 12.5 Å². The Bertz CT molecular complexity index is 412. The van der Waals surface area contributed by atoms with Gasteiger partial charge in [0.05, 0.1) is 6.61 Å². The maximum atomic E-state index is 11.6. The van der Waals surface area contributed by atoms with Crippen molar-refractivity contribution in [1.82, 2.24) is 0 Å². The Morgan fingerprint density at radius 1 is 1.38 bits per heavy atom. The molecule has 0 atom stereocenters. The first-order chi connectivity index (χ1) is 7.68. The number of hydrogen-bond donors (Lipinski definition) is 0. The van der Waals surface area contributed by atoms with Crippen LogP contribution in [0.5, 0.6) is 0 Å². The number of nitrogens with zero attached hydrogens (tertiary/aromatic N) is 2. The molecule has 1 fully saturated rings. The summed E-state index contributed by atoms with van der Waals surface area (Å²) in [5.41, 5.74) is 1.93. The summed E-state index contributed by atoms with van der Waals surface area (Å²) in [7, 11) is 1.88. The van der Waals surface area contributed by atoms with Crippen molar-refractivity contribution in [2.24, 2.45) is 0 Å². The van der Waals surface area contributed by atoms with Gasteiger partial charge in [0.15, 0.2) is 0 Å². The topological polar surface area (TPSA) is 32.5 Å². The molecule has 0 aliphatic carbocycles. The summed E-state index contributed by atoms with van der Waals surface area (Å²) in [6.07, 6.45) is 0. The Kier molecular flexibility index (Phi) is 3.01. The summed E-state index contributed by atoms with van der Waals surface area (Å²) in [6, 6.07) is 7.76. The van der Waals surface area contributed by atoms with Gasteiger partial charge >= 0.3 is 0 Å². The van der Waals surface area contributed by atoms with Crippen molar-refractivity contribution < 1.29 is 14.1 Å². The van der Waals surface area contributed by atoms with E-state index in [0.29, 0.717) is 13.2 Å². The number of ether oxygens (including phenoxy) is 1. The highest BCUT2D eigenvalue weighted by atomic mass is 16.5. The molecule has 1 aliphatic heterocycles. The number of carbonyl (C=O) groups excluding carboxylic acids is 1. The van der Waals surface area contributed by atoms with Gasteiger partial charge in [-0.1, -0.05) is 0 Å². The van der Waals surface area contributed by atoms with E-state index in [9.17, 15) is 4.79 Å². The van der Waals surface area contributed by atoms with Crippen molar-refractivity contribution in [2.45, 2.75) is 0 Å². The zero-order chi connectivity index (χ0) is 11.5. The lowest BCUT2D eigenvalue weighted by molar-refractivity contribution is -0.394. The Labute approximate surface area is 94.8 Å². The van der Waals surface area contributed by atoms with E-state index in [4.69, 9.17) is 4.74 Å². The van der Waals surface area contributed by atoms with Gasteiger partial charge in [-0.15, -0.1) is 0 Å². The fraction of sp³-hybridized carbons (Fsp3) is 0.333. The molecule has 1 heterocycles. The third kappa shape index (κ3) is 2.12. The van der Waals surface area contributed by atoms with Gasteiger partial charge in [-0.2, -0.15) is 0 Å². The molecular formula is C12H15N2O2+. The van der Waals surface area contributed by atoms with Crippen molar-refractivity contribution in [3.63, 3.8) is 0 Å². The molecule has 1 aliphatic rings. The summed E-state index contributed by atoms with van der Waals surface area (Å²) in [5, 5.41) is 0. The molecule has 0 radical (unpaired) electrons. The highest BCUT2D eigenvalue weighted by Crippen LogP contribution is 2.20. The molecule has 0 bridgehead atoms. The van der Waals surface area contributed by atoms with E-state index in [0.717, 1.165) is 11.4 Å². The fourth-order valence-corrected chi connectivity index (χ4v) is 1.68. The summed E-state index contributed by atoms with van der Waals surface area (Å²) in [5.74, 6) is 0.0157. The number of amides is 1. The van der Waals surface area contributed by atoms with Crippen molar-refractivity contribution in [3.8, 4) is 0 Å². The molecule has 1 aromatic rings. The lowest BCUT2D eigenvalue weighted by Gasteiger charge is -2.26. The second-order valence-corrected chi connectivity index (χ2v) is 3.81. The first kappa shape index (κ1) is 10.8.